The van der Waals surface area contributed by atoms with E-state index >= 15 is 0 Å². The number of benzene rings is 1. The lowest BCUT2D eigenvalue weighted by Crippen LogP contribution is -2.72. The number of carbonyl (C=O) groups excluding carboxylic acids is 4. The lowest BCUT2D eigenvalue weighted by Gasteiger charge is -2.47. The van der Waals surface area contributed by atoms with Crippen LogP contribution < -0.4 is 22.5 Å². The van der Waals surface area contributed by atoms with Crippen LogP contribution in [-0.4, -0.2) is 69.5 Å². The van der Waals surface area contributed by atoms with Gasteiger partial charge in [0.2, 0.25) is 11.8 Å². The number of nitrogens with one attached hydrogen (secondary N) is 1. The topological polar surface area (TPSA) is 179 Å². The fraction of sp³-hybridized carbons (Fsp3) is 0.565. The third-order valence-electron chi connectivity index (χ3n) is 6.46. The summed E-state index contributed by atoms with van der Waals surface area (Å²) in [6.07, 6.45) is -0.852. The molecule has 1 aromatic carbocycles. The summed E-state index contributed by atoms with van der Waals surface area (Å²) in [7, 11) is 0. The molecule has 182 valence electrons. The molecule has 0 aliphatic carbocycles. The van der Waals surface area contributed by atoms with Crippen LogP contribution in [0.4, 0.5) is 0 Å². The van der Waals surface area contributed by atoms with Crippen molar-refractivity contribution in [3.05, 3.63) is 35.9 Å². The average Bonchev–Trinajstić information content (AvgIpc) is 3.19. The van der Waals surface area contributed by atoms with Gasteiger partial charge in [0, 0.05) is 12.8 Å². The van der Waals surface area contributed by atoms with E-state index in [9.17, 15) is 24.3 Å². The Morgan fingerprint density at radius 2 is 1.76 bits per heavy atom. The summed E-state index contributed by atoms with van der Waals surface area (Å²) in [5.74, 6) is -2.65. The lowest BCUT2D eigenvalue weighted by atomic mass is 9.93. The molecule has 8 N–H and O–H groups in total. The summed E-state index contributed by atoms with van der Waals surface area (Å²) in [6.45, 7) is 5.82. The molecule has 1 aliphatic rings. The maximum Gasteiger partial charge on any atom is 0.345 e. The van der Waals surface area contributed by atoms with E-state index in [0.29, 0.717) is 19.4 Å². The molecule has 10 nitrogen and oxygen atoms in total. The van der Waals surface area contributed by atoms with Gasteiger partial charge >= 0.3 is 5.91 Å². The van der Waals surface area contributed by atoms with Crippen LogP contribution in [0.3, 0.4) is 0 Å². The minimum Gasteiger partial charge on any atom is -0.378 e. The zero-order chi connectivity index (χ0) is 25.0. The summed E-state index contributed by atoms with van der Waals surface area (Å²) in [5.41, 5.74) is 16.6. The first-order valence-electron chi connectivity index (χ1n) is 11.1. The number of aliphatic hydroxyl groups is 1. The standard InChI is InChI=1S/C23H35N5O5/c1-23(2,3)28(11-7-10-17(28)20(26)31)22(33)19(30)16(12-14-8-5-4-6-9-14)27-21(32)15(24)13-18(25)29/h4-6,8-9,15-17,19,30H,7,10-13,24H2,1-3H3,(H4-,25,26,27,29,31,32)/p+1/t15-,16?,17-,19?,28?/m0/s1. The van der Waals surface area contributed by atoms with Crippen molar-refractivity contribution in [3.63, 3.8) is 0 Å². The van der Waals surface area contributed by atoms with Crippen molar-refractivity contribution in [2.45, 2.75) is 76.2 Å². The number of nitrogens with zero attached hydrogens (tertiary/aromatic N) is 1. The van der Waals surface area contributed by atoms with Gasteiger partial charge in [-0.2, -0.15) is 0 Å². The smallest absolute Gasteiger partial charge is 0.345 e. The van der Waals surface area contributed by atoms with Gasteiger partial charge in [-0.1, -0.05) is 30.3 Å². The minimum atomic E-state index is -1.64. The molecule has 0 saturated carbocycles. The third-order valence-corrected chi connectivity index (χ3v) is 6.46. The summed E-state index contributed by atoms with van der Waals surface area (Å²) in [4.78, 5) is 49.9. The van der Waals surface area contributed by atoms with Crippen molar-refractivity contribution in [3.8, 4) is 0 Å². The van der Waals surface area contributed by atoms with Crippen molar-refractivity contribution in [1.82, 2.24) is 5.32 Å². The number of hydrogen-bond acceptors (Lipinski definition) is 6. The van der Waals surface area contributed by atoms with E-state index < -0.39 is 53.4 Å². The zero-order valence-corrected chi connectivity index (χ0v) is 19.5. The van der Waals surface area contributed by atoms with Crippen LogP contribution in [0, 0.1) is 0 Å². The van der Waals surface area contributed by atoms with Crippen molar-refractivity contribution < 1.29 is 28.8 Å². The molecule has 0 bridgehead atoms. The van der Waals surface area contributed by atoms with Crippen LogP contribution in [0.25, 0.3) is 0 Å². The Balaban J connectivity index is 2.41. The summed E-state index contributed by atoms with van der Waals surface area (Å²) < 4.78 is -0.308. The second-order valence-electron chi connectivity index (χ2n) is 9.69. The van der Waals surface area contributed by atoms with E-state index in [2.05, 4.69) is 5.32 Å². The first kappa shape index (κ1) is 26.4. The maximum atomic E-state index is 13.8. The Bertz CT molecular complexity index is 885. The van der Waals surface area contributed by atoms with Crippen LogP contribution in [-0.2, 0) is 25.6 Å². The van der Waals surface area contributed by atoms with Gasteiger partial charge in [0.25, 0.3) is 5.91 Å². The van der Waals surface area contributed by atoms with Gasteiger partial charge in [-0.15, -0.1) is 0 Å². The molecule has 0 radical (unpaired) electrons. The molecule has 2 rings (SSSR count). The number of amides is 4. The molecule has 4 amide bonds. The highest BCUT2D eigenvalue weighted by molar-refractivity contribution is 5.89. The largest absolute Gasteiger partial charge is 0.378 e. The van der Waals surface area contributed by atoms with Crippen molar-refractivity contribution >= 4 is 23.6 Å². The van der Waals surface area contributed by atoms with Gasteiger partial charge in [0.1, 0.15) is 0 Å². The molecule has 1 fully saturated rings. The summed E-state index contributed by atoms with van der Waals surface area (Å²) in [5, 5.41) is 13.9. The van der Waals surface area contributed by atoms with Gasteiger partial charge in [0.05, 0.1) is 30.6 Å². The quantitative estimate of drug-likeness (QED) is 0.296. The molecular weight excluding hydrogens is 426 g/mol. The fourth-order valence-electron chi connectivity index (χ4n) is 4.78. The molecule has 10 heteroatoms. The predicted octanol–water partition coefficient (Wildman–Crippen LogP) is -0.933. The third kappa shape index (κ3) is 5.76. The molecule has 3 unspecified atom stereocenters. The minimum absolute atomic E-state index is 0.133. The molecule has 5 atom stereocenters. The Morgan fingerprint density at radius 1 is 1.15 bits per heavy atom. The predicted molar refractivity (Wildman–Crippen MR) is 122 cm³/mol. The average molecular weight is 463 g/mol. The van der Waals surface area contributed by atoms with E-state index in [1.807, 2.05) is 26.8 Å². The Hall–Kier alpha value is -2.82. The van der Waals surface area contributed by atoms with E-state index in [4.69, 9.17) is 17.2 Å². The fourth-order valence-corrected chi connectivity index (χ4v) is 4.78. The number of hydrogen-bond donors (Lipinski definition) is 5. The van der Waals surface area contributed by atoms with E-state index in [0.717, 1.165) is 5.56 Å². The normalized spacial score (nSPS) is 23.4. The number of nitrogens with two attached hydrogens (primary N) is 3. The molecular formula is C23H36N5O5+. The van der Waals surface area contributed by atoms with E-state index in [-0.39, 0.29) is 17.3 Å². The Morgan fingerprint density at radius 3 is 2.27 bits per heavy atom. The second kappa shape index (κ2) is 10.4. The maximum absolute atomic E-state index is 13.8. The first-order valence-corrected chi connectivity index (χ1v) is 11.1. The number of primary amides is 2. The molecule has 0 aromatic heterocycles. The number of rotatable bonds is 9. The van der Waals surface area contributed by atoms with Crippen LogP contribution in [0.1, 0.15) is 45.6 Å². The number of carbonyl (C=O) groups is 4. The second-order valence-corrected chi connectivity index (χ2v) is 9.69. The Labute approximate surface area is 194 Å². The monoisotopic (exact) mass is 462 g/mol. The molecule has 1 aromatic rings. The van der Waals surface area contributed by atoms with Gasteiger partial charge in [-0.05, 0) is 32.8 Å². The molecule has 1 heterocycles. The zero-order valence-electron chi connectivity index (χ0n) is 19.5. The van der Waals surface area contributed by atoms with E-state index in [1.54, 1.807) is 24.3 Å². The van der Waals surface area contributed by atoms with Gasteiger partial charge in [-0.25, -0.2) is 9.28 Å². The lowest BCUT2D eigenvalue weighted by molar-refractivity contribution is -0.904. The highest BCUT2D eigenvalue weighted by Crippen LogP contribution is 2.38. The molecule has 1 aliphatic heterocycles. The van der Waals surface area contributed by atoms with Crippen molar-refractivity contribution in [2.24, 2.45) is 17.2 Å². The van der Waals surface area contributed by atoms with Crippen molar-refractivity contribution in [1.29, 1.82) is 0 Å². The summed E-state index contributed by atoms with van der Waals surface area (Å²) >= 11 is 0. The molecule has 0 spiro atoms. The number of aliphatic hydroxyl groups excluding tert-OH is 1. The van der Waals surface area contributed by atoms with Crippen LogP contribution >= 0.6 is 0 Å². The van der Waals surface area contributed by atoms with E-state index in [1.165, 1.54) is 0 Å². The summed E-state index contributed by atoms with van der Waals surface area (Å²) in [6, 6.07) is 5.98. The number of quaternary nitrogens is 1. The van der Waals surface area contributed by atoms with Crippen LogP contribution in [0.5, 0.6) is 0 Å². The van der Waals surface area contributed by atoms with Crippen LogP contribution in [0.15, 0.2) is 30.3 Å². The van der Waals surface area contributed by atoms with Gasteiger partial charge < -0.3 is 27.6 Å². The molecule has 33 heavy (non-hydrogen) atoms. The van der Waals surface area contributed by atoms with Gasteiger partial charge in [-0.3, -0.25) is 14.4 Å². The van der Waals surface area contributed by atoms with Crippen molar-refractivity contribution in [2.75, 3.05) is 6.54 Å². The molecule has 1 saturated heterocycles. The SMILES string of the molecule is CC(C)(C)[N+]1(C(=O)C(O)C(Cc2ccccc2)NC(=O)[C@@H](N)CC(N)=O)CCC[C@H]1C(N)=O. The van der Waals surface area contributed by atoms with Crippen LogP contribution in [0.2, 0.25) is 0 Å². The first-order chi connectivity index (χ1) is 15.3. The number of likely N-dealkylation sites (tertiary alicyclic amines) is 1. The highest BCUT2D eigenvalue weighted by atomic mass is 16.3. The highest BCUT2D eigenvalue weighted by Gasteiger charge is 2.60. The van der Waals surface area contributed by atoms with Gasteiger partial charge in [0.15, 0.2) is 12.1 Å². The Kier molecular flexibility index (Phi) is 8.34.